The van der Waals surface area contributed by atoms with Crippen LogP contribution in [0.1, 0.15) is 51.0 Å². The van der Waals surface area contributed by atoms with E-state index in [1.165, 1.54) is 43.4 Å². The summed E-state index contributed by atoms with van der Waals surface area (Å²) < 4.78 is 5.26. The molecule has 0 atom stereocenters. The summed E-state index contributed by atoms with van der Waals surface area (Å²) in [6.45, 7) is 2.29. The van der Waals surface area contributed by atoms with Gasteiger partial charge in [-0.3, -0.25) is 0 Å². The fraction of sp³-hybridized carbons (Fsp3) is 0.526. The van der Waals surface area contributed by atoms with Crippen molar-refractivity contribution in [1.29, 1.82) is 0 Å². The number of rotatable bonds is 6. The quantitative estimate of drug-likeness (QED) is 0.541. The summed E-state index contributed by atoms with van der Waals surface area (Å²) in [6.07, 6.45) is 9.75. The number of hydrogen-bond acceptors (Lipinski definition) is 3. The number of carbonyl (C=O) groups is 1. The monoisotopic (exact) mass is 316 g/mol. The van der Waals surface area contributed by atoms with E-state index in [1.807, 2.05) is 18.7 Å². The minimum Gasteiger partial charge on any atom is -0.462 e. The van der Waals surface area contributed by atoms with E-state index in [-0.39, 0.29) is 5.97 Å². The van der Waals surface area contributed by atoms with Crippen molar-refractivity contribution >= 4 is 23.3 Å². The van der Waals surface area contributed by atoms with Crippen LogP contribution in [0.2, 0.25) is 0 Å². The predicted octanol–water partition coefficient (Wildman–Crippen LogP) is 5.08. The molecule has 2 aliphatic rings. The third kappa shape index (κ3) is 4.16. The van der Waals surface area contributed by atoms with Gasteiger partial charge in [-0.15, -0.1) is 11.8 Å². The average Bonchev–Trinajstić information content (AvgIpc) is 3.18. The zero-order valence-electron chi connectivity index (χ0n) is 13.2. The maximum absolute atomic E-state index is 12.3. The molecule has 0 amide bonds. The van der Waals surface area contributed by atoms with Gasteiger partial charge in [0.2, 0.25) is 0 Å². The molecule has 0 bridgehead atoms. The van der Waals surface area contributed by atoms with Crippen molar-refractivity contribution < 1.29 is 9.53 Å². The predicted molar refractivity (Wildman–Crippen MR) is 91.9 cm³/mol. The second-order valence-electron chi connectivity index (χ2n) is 6.19. The second-order valence-corrected chi connectivity index (χ2v) is 7.56. The van der Waals surface area contributed by atoms with Crippen LogP contribution < -0.4 is 0 Å². The highest BCUT2D eigenvalue weighted by atomic mass is 32.2. The molecule has 0 saturated heterocycles. The Hall–Kier alpha value is -1.22. The summed E-state index contributed by atoms with van der Waals surface area (Å²) in [5, 5.41) is 0.810. The normalized spacial score (nSPS) is 19.4. The van der Waals surface area contributed by atoms with Gasteiger partial charge in [0.1, 0.15) is 0 Å². The van der Waals surface area contributed by atoms with Crippen molar-refractivity contribution in [2.45, 2.75) is 55.6 Å². The van der Waals surface area contributed by atoms with Crippen molar-refractivity contribution in [3.8, 4) is 0 Å². The minimum atomic E-state index is -0.183. The lowest BCUT2D eigenvalue weighted by molar-refractivity contribution is -0.136. The molecule has 0 aliphatic heterocycles. The molecule has 118 valence electrons. The largest absolute Gasteiger partial charge is 0.462 e. The Morgan fingerprint density at radius 1 is 1.18 bits per heavy atom. The third-order valence-corrected chi connectivity index (χ3v) is 5.64. The summed E-state index contributed by atoms with van der Waals surface area (Å²) in [4.78, 5) is 13.6. The summed E-state index contributed by atoms with van der Waals surface area (Å²) in [7, 11) is 0. The molecule has 0 radical (unpaired) electrons. The first kappa shape index (κ1) is 15.7. The van der Waals surface area contributed by atoms with Gasteiger partial charge >= 0.3 is 5.97 Å². The molecule has 2 aliphatic carbocycles. The molecule has 0 N–H and O–H groups in total. The first-order valence-electron chi connectivity index (χ1n) is 8.42. The van der Waals surface area contributed by atoms with Crippen LogP contribution >= 0.6 is 11.8 Å². The number of allylic oxidation sites excluding steroid dienone is 1. The first-order valence-corrected chi connectivity index (χ1v) is 9.30. The van der Waals surface area contributed by atoms with Gasteiger partial charge in [0.15, 0.2) is 0 Å². The highest BCUT2D eigenvalue weighted by molar-refractivity contribution is 8.00. The van der Waals surface area contributed by atoms with Crippen molar-refractivity contribution in [3.05, 3.63) is 35.9 Å². The lowest BCUT2D eigenvalue weighted by Crippen LogP contribution is -2.08. The van der Waals surface area contributed by atoms with E-state index >= 15 is 0 Å². The topological polar surface area (TPSA) is 26.3 Å². The molecule has 0 unspecified atom stereocenters. The Labute approximate surface area is 137 Å². The number of thioether (sulfide) groups is 1. The molecule has 1 aromatic carbocycles. The van der Waals surface area contributed by atoms with Gasteiger partial charge in [0, 0.05) is 10.1 Å². The van der Waals surface area contributed by atoms with Crippen LogP contribution in [-0.4, -0.2) is 17.8 Å². The highest BCUT2D eigenvalue weighted by Crippen LogP contribution is 2.39. The van der Waals surface area contributed by atoms with E-state index in [9.17, 15) is 4.79 Å². The molecule has 3 rings (SSSR count). The number of esters is 1. The maximum atomic E-state index is 12.3. The van der Waals surface area contributed by atoms with Gasteiger partial charge < -0.3 is 4.74 Å². The van der Waals surface area contributed by atoms with Crippen molar-refractivity contribution in [3.63, 3.8) is 0 Å². The van der Waals surface area contributed by atoms with Crippen LogP contribution in [0.5, 0.6) is 0 Å². The Morgan fingerprint density at radius 2 is 1.86 bits per heavy atom. The van der Waals surface area contributed by atoms with E-state index in [0.717, 1.165) is 16.4 Å². The number of ether oxygens (including phenoxy) is 1. The van der Waals surface area contributed by atoms with Crippen LogP contribution in [-0.2, 0) is 9.53 Å². The Bertz CT molecular complexity index is 537. The fourth-order valence-corrected chi connectivity index (χ4v) is 3.99. The summed E-state index contributed by atoms with van der Waals surface area (Å²) in [6, 6.07) is 8.42. The van der Waals surface area contributed by atoms with Crippen LogP contribution in [0.25, 0.3) is 5.57 Å². The highest BCUT2D eigenvalue weighted by Gasteiger charge is 2.23. The Morgan fingerprint density at radius 3 is 2.45 bits per heavy atom. The second kappa shape index (κ2) is 7.36. The molecular weight excluding hydrogens is 292 g/mol. The maximum Gasteiger partial charge on any atom is 0.338 e. The summed E-state index contributed by atoms with van der Waals surface area (Å²) >= 11 is 1.95. The molecule has 1 aromatic rings. The Kier molecular flexibility index (Phi) is 5.24. The first-order chi connectivity index (χ1) is 10.8. The molecule has 22 heavy (non-hydrogen) atoms. The zero-order valence-corrected chi connectivity index (χ0v) is 14.0. The van der Waals surface area contributed by atoms with Gasteiger partial charge in [-0.25, -0.2) is 4.79 Å². The van der Waals surface area contributed by atoms with Crippen LogP contribution in [0, 0.1) is 5.92 Å². The third-order valence-electron chi connectivity index (χ3n) is 4.29. The molecular formula is C19H24O2S. The fourth-order valence-electron chi connectivity index (χ4n) is 2.94. The molecule has 0 heterocycles. The standard InChI is InChI=1S/C19H24O2S/c1-2-21-19(20)18(13-14-5-3-4-6-14)15-7-9-16(10-8-15)22-17-11-12-17/h7-10,13-14,17H,2-6,11-12H2,1H3/b18-13+. The van der Waals surface area contributed by atoms with E-state index < -0.39 is 0 Å². The van der Waals surface area contributed by atoms with Gasteiger partial charge in [0.05, 0.1) is 12.2 Å². The Balaban J connectivity index is 1.78. The van der Waals surface area contributed by atoms with Gasteiger partial charge in [-0.05, 0) is 56.2 Å². The SMILES string of the molecule is CCOC(=O)/C(=C/C1CCCC1)c1ccc(SC2CC2)cc1. The summed E-state index contributed by atoms with van der Waals surface area (Å²) in [5.74, 6) is 0.344. The molecule has 2 saturated carbocycles. The molecule has 2 fully saturated rings. The average molecular weight is 316 g/mol. The number of benzene rings is 1. The van der Waals surface area contributed by atoms with Crippen molar-refractivity contribution in [2.75, 3.05) is 6.61 Å². The van der Waals surface area contributed by atoms with Crippen LogP contribution in [0.3, 0.4) is 0 Å². The summed E-state index contributed by atoms with van der Waals surface area (Å²) in [5.41, 5.74) is 1.74. The molecule has 2 nitrogen and oxygen atoms in total. The van der Waals surface area contributed by atoms with Gasteiger partial charge in [-0.1, -0.05) is 31.1 Å². The lowest BCUT2D eigenvalue weighted by Gasteiger charge is -2.11. The number of hydrogen-bond donors (Lipinski definition) is 0. The van der Waals surface area contributed by atoms with E-state index in [0.29, 0.717) is 12.5 Å². The molecule has 3 heteroatoms. The van der Waals surface area contributed by atoms with E-state index in [2.05, 4.69) is 30.3 Å². The number of carbonyl (C=O) groups excluding carboxylic acids is 1. The van der Waals surface area contributed by atoms with Gasteiger partial charge in [-0.2, -0.15) is 0 Å². The molecule has 0 aromatic heterocycles. The van der Waals surface area contributed by atoms with Crippen LogP contribution in [0.4, 0.5) is 0 Å². The van der Waals surface area contributed by atoms with E-state index in [4.69, 9.17) is 4.74 Å². The van der Waals surface area contributed by atoms with Crippen LogP contribution in [0.15, 0.2) is 35.2 Å². The van der Waals surface area contributed by atoms with Gasteiger partial charge in [0.25, 0.3) is 0 Å². The van der Waals surface area contributed by atoms with E-state index in [1.54, 1.807) is 0 Å². The van der Waals surface area contributed by atoms with Crippen molar-refractivity contribution in [2.24, 2.45) is 5.92 Å². The smallest absolute Gasteiger partial charge is 0.338 e. The minimum absolute atomic E-state index is 0.183. The zero-order chi connectivity index (χ0) is 15.4. The molecule has 0 spiro atoms. The lowest BCUT2D eigenvalue weighted by atomic mass is 9.99. The van der Waals surface area contributed by atoms with Crippen molar-refractivity contribution in [1.82, 2.24) is 0 Å².